The van der Waals surface area contributed by atoms with Gasteiger partial charge in [0.15, 0.2) is 0 Å². The van der Waals surface area contributed by atoms with Crippen LogP contribution in [-0.4, -0.2) is 19.2 Å². The van der Waals surface area contributed by atoms with Crippen LogP contribution in [0.5, 0.6) is 5.75 Å². The topological polar surface area (TPSA) is 21.3 Å². The third kappa shape index (κ3) is 2.89. The minimum Gasteiger partial charge on any atom is -0.489 e. The van der Waals surface area contributed by atoms with Crippen molar-refractivity contribution in [2.24, 2.45) is 0 Å². The fourth-order valence-corrected chi connectivity index (χ4v) is 2.32. The molecule has 1 aromatic rings. The highest BCUT2D eigenvalue weighted by Gasteiger charge is 2.33. The van der Waals surface area contributed by atoms with Gasteiger partial charge in [-0.3, -0.25) is 0 Å². The van der Waals surface area contributed by atoms with E-state index >= 15 is 0 Å². The van der Waals surface area contributed by atoms with Gasteiger partial charge in [-0.2, -0.15) is 13.2 Å². The standard InChI is InChI=1S/C10H12F3NOS/c11-10(12,13)9-5-8(6-16-9)15-7-1-3-14-4-2-7/h5-7,14H,1-4H2. The maximum Gasteiger partial charge on any atom is 0.425 e. The van der Waals surface area contributed by atoms with E-state index in [1.807, 2.05) is 0 Å². The van der Waals surface area contributed by atoms with E-state index in [9.17, 15) is 13.2 Å². The molecule has 0 aromatic carbocycles. The molecule has 1 aromatic heterocycles. The second-order valence-electron chi connectivity index (χ2n) is 3.71. The molecule has 2 rings (SSSR count). The van der Waals surface area contributed by atoms with Crippen LogP contribution in [0.1, 0.15) is 17.7 Å². The van der Waals surface area contributed by atoms with Crippen LogP contribution in [0, 0.1) is 0 Å². The van der Waals surface area contributed by atoms with Crippen LogP contribution in [0.3, 0.4) is 0 Å². The van der Waals surface area contributed by atoms with Crippen LogP contribution in [0.4, 0.5) is 13.2 Å². The third-order valence-corrected chi connectivity index (χ3v) is 3.40. The Hall–Kier alpha value is -0.750. The fraction of sp³-hybridized carbons (Fsp3) is 0.600. The lowest BCUT2D eigenvalue weighted by atomic mass is 10.1. The van der Waals surface area contributed by atoms with Crippen LogP contribution < -0.4 is 10.1 Å². The maximum absolute atomic E-state index is 12.3. The molecule has 1 fully saturated rings. The van der Waals surface area contributed by atoms with Crippen molar-refractivity contribution >= 4 is 11.3 Å². The molecule has 1 N–H and O–H groups in total. The van der Waals surface area contributed by atoms with Crippen molar-refractivity contribution in [2.45, 2.75) is 25.1 Å². The fourth-order valence-electron chi connectivity index (χ4n) is 1.63. The predicted octanol–water partition coefficient (Wildman–Crippen LogP) is 2.90. The molecule has 1 aliphatic rings. The Balaban J connectivity index is 1.97. The van der Waals surface area contributed by atoms with E-state index in [-0.39, 0.29) is 6.10 Å². The molecule has 0 amide bonds. The molecule has 0 saturated carbocycles. The molecule has 6 heteroatoms. The molecule has 0 radical (unpaired) electrons. The summed E-state index contributed by atoms with van der Waals surface area (Å²) >= 11 is 0.679. The van der Waals surface area contributed by atoms with Crippen LogP contribution in [-0.2, 0) is 6.18 Å². The number of nitrogens with one attached hydrogen (secondary N) is 1. The number of ether oxygens (including phenoxy) is 1. The third-order valence-electron chi connectivity index (χ3n) is 2.44. The molecule has 2 heterocycles. The highest BCUT2D eigenvalue weighted by Crippen LogP contribution is 2.36. The first-order chi connectivity index (χ1) is 7.55. The summed E-state index contributed by atoms with van der Waals surface area (Å²) in [6.45, 7) is 1.72. The maximum atomic E-state index is 12.3. The molecule has 0 aliphatic carbocycles. The lowest BCUT2D eigenvalue weighted by Crippen LogP contribution is -2.34. The number of hydrogen-bond acceptors (Lipinski definition) is 3. The van der Waals surface area contributed by atoms with E-state index in [1.54, 1.807) is 0 Å². The Bertz CT molecular complexity index is 344. The van der Waals surface area contributed by atoms with Gasteiger partial charge in [-0.05, 0) is 25.9 Å². The van der Waals surface area contributed by atoms with Crippen LogP contribution >= 0.6 is 11.3 Å². The van der Waals surface area contributed by atoms with Gasteiger partial charge in [-0.1, -0.05) is 0 Å². The van der Waals surface area contributed by atoms with Gasteiger partial charge in [0.2, 0.25) is 0 Å². The Kier molecular flexibility index (Phi) is 3.39. The first kappa shape index (κ1) is 11.7. The summed E-state index contributed by atoms with van der Waals surface area (Å²) in [5.74, 6) is 0.337. The van der Waals surface area contributed by atoms with E-state index < -0.39 is 11.1 Å². The number of hydrogen-bond donors (Lipinski definition) is 1. The number of halogens is 3. The quantitative estimate of drug-likeness (QED) is 0.872. The number of piperidine rings is 1. The summed E-state index contributed by atoms with van der Waals surface area (Å²) in [6.07, 6.45) is -2.54. The Morgan fingerprint density at radius 3 is 2.56 bits per heavy atom. The van der Waals surface area contributed by atoms with Crippen molar-refractivity contribution in [1.82, 2.24) is 5.32 Å². The zero-order valence-electron chi connectivity index (χ0n) is 8.51. The number of alkyl halides is 3. The van der Waals surface area contributed by atoms with Gasteiger partial charge in [0.1, 0.15) is 16.7 Å². The Morgan fingerprint density at radius 1 is 1.31 bits per heavy atom. The van der Waals surface area contributed by atoms with Crippen molar-refractivity contribution in [3.8, 4) is 5.75 Å². The van der Waals surface area contributed by atoms with Gasteiger partial charge in [0.05, 0.1) is 0 Å². The van der Waals surface area contributed by atoms with Crippen LogP contribution in [0.15, 0.2) is 11.4 Å². The molecule has 1 saturated heterocycles. The number of rotatable bonds is 2. The minimum absolute atomic E-state index is 0.0388. The van der Waals surface area contributed by atoms with Gasteiger partial charge in [0, 0.05) is 11.4 Å². The summed E-state index contributed by atoms with van der Waals surface area (Å²) in [4.78, 5) is -0.601. The molecule has 0 spiro atoms. The molecule has 0 unspecified atom stereocenters. The molecule has 90 valence electrons. The molecule has 1 aliphatic heterocycles. The number of thiophene rings is 1. The molecular formula is C10H12F3NOS. The highest BCUT2D eigenvalue weighted by atomic mass is 32.1. The highest BCUT2D eigenvalue weighted by molar-refractivity contribution is 7.10. The van der Waals surface area contributed by atoms with Gasteiger partial charge in [-0.15, -0.1) is 11.3 Å². The summed E-state index contributed by atoms with van der Waals surface area (Å²) in [6, 6.07) is 1.08. The normalized spacial score (nSPS) is 18.7. The zero-order chi connectivity index (χ0) is 11.6. The van der Waals surface area contributed by atoms with Crippen molar-refractivity contribution in [3.05, 3.63) is 16.3 Å². The first-order valence-corrected chi connectivity index (χ1v) is 5.97. The van der Waals surface area contributed by atoms with Gasteiger partial charge in [0.25, 0.3) is 0 Å². The van der Waals surface area contributed by atoms with Crippen molar-refractivity contribution < 1.29 is 17.9 Å². The lowest BCUT2D eigenvalue weighted by molar-refractivity contribution is -0.134. The van der Waals surface area contributed by atoms with E-state index in [4.69, 9.17) is 4.74 Å². The second kappa shape index (κ2) is 4.63. The molecule has 2 nitrogen and oxygen atoms in total. The largest absolute Gasteiger partial charge is 0.489 e. The average molecular weight is 251 g/mol. The second-order valence-corrected chi connectivity index (χ2v) is 4.62. The SMILES string of the molecule is FC(F)(F)c1cc(OC2CCNCC2)cs1. The summed E-state index contributed by atoms with van der Waals surface area (Å²) in [5.41, 5.74) is 0. The van der Waals surface area contributed by atoms with Gasteiger partial charge < -0.3 is 10.1 Å². The zero-order valence-corrected chi connectivity index (χ0v) is 9.33. The van der Waals surface area contributed by atoms with Gasteiger partial charge in [-0.25, -0.2) is 0 Å². The van der Waals surface area contributed by atoms with Crippen molar-refractivity contribution in [2.75, 3.05) is 13.1 Å². The summed E-state index contributed by atoms with van der Waals surface area (Å²) in [7, 11) is 0. The van der Waals surface area contributed by atoms with Crippen LogP contribution in [0.25, 0.3) is 0 Å². The first-order valence-electron chi connectivity index (χ1n) is 5.09. The van der Waals surface area contributed by atoms with Crippen molar-refractivity contribution in [1.29, 1.82) is 0 Å². The summed E-state index contributed by atoms with van der Waals surface area (Å²) < 4.78 is 42.5. The monoisotopic (exact) mass is 251 g/mol. The Labute approximate surface area is 95.4 Å². The van der Waals surface area contributed by atoms with E-state index in [0.29, 0.717) is 17.1 Å². The van der Waals surface area contributed by atoms with Crippen molar-refractivity contribution in [3.63, 3.8) is 0 Å². The molecule has 0 atom stereocenters. The average Bonchev–Trinajstić information content (AvgIpc) is 2.67. The Morgan fingerprint density at radius 2 is 2.00 bits per heavy atom. The molecular weight excluding hydrogens is 239 g/mol. The van der Waals surface area contributed by atoms with Crippen LogP contribution in [0.2, 0.25) is 0 Å². The molecule has 0 bridgehead atoms. The lowest BCUT2D eigenvalue weighted by Gasteiger charge is -2.23. The van der Waals surface area contributed by atoms with Gasteiger partial charge >= 0.3 is 6.18 Å². The smallest absolute Gasteiger partial charge is 0.425 e. The van der Waals surface area contributed by atoms with E-state index in [2.05, 4.69) is 5.32 Å². The summed E-state index contributed by atoms with van der Waals surface area (Å²) in [5, 5.41) is 4.59. The predicted molar refractivity (Wildman–Crippen MR) is 55.8 cm³/mol. The van der Waals surface area contributed by atoms with E-state index in [0.717, 1.165) is 32.0 Å². The minimum atomic E-state index is -4.26. The van der Waals surface area contributed by atoms with E-state index in [1.165, 1.54) is 5.38 Å². The molecule has 16 heavy (non-hydrogen) atoms.